The van der Waals surface area contributed by atoms with E-state index in [-0.39, 0.29) is 10.9 Å². The van der Waals surface area contributed by atoms with Crippen molar-refractivity contribution in [1.29, 1.82) is 0 Å². The number of fused-ring (bicyclic) bond motifs is 1. The van der Waals surface area contributed by atoms with Crippen molar-refractivity contribution in [3.8, 4) is 29.4 Å². The molecule has 0 fully saturated rings. The van der Waals surface area contributed by atoms with Gasteiger partial charge in [0, 0.05) is 22.1 Å². The normalized spacial score (nSPS) is 10.5. The van der Waals surface area contributed by atoms with E-state index >= 15 is 0 Å². The number of benzene rings is 4. The SMILES string of the molecule is C/C=C/COc1ccc(C#Cc2ccc(C#Cc3ccc4c(F)c(F)ccc4c3)c(F)c2)cc1. The summed E-state index contributed by atoms with van der Waals surface area (Å²) in [5.41, 5.74) is 2.11. The number of ether oxygens (including phenoxy) is 1. The molecule has 0 spiro atoms. The maximum atomic E-state index is 14.5. The van der Waals surface area contributed by atoms with Crippen LogP contribution < -0.4 is 4.74 Å². The van der Waals surface area contributed by atoms with Gasteiger partial charge < -0.3 is 4.74 Å². The minimum absolute atomic E-state index is 0.176. The van der Waals surface area contributed by atoms with Crippen LogP contribution in [-0.2, 0) is 0 Å². The van der Waals surface area contributed by atoms with Crippen molar-refractivity contribution in [3.05, 3.63) is 125 Å². The van der Waals surface area contributed by atoms with Gasteiger partial charge >= 0.3 is 0 Å². The van der Waals surface area contributed by atoms with Crippen molar-refractivity contribution in [2.45, 2.75) is 6.92 Å². The van der Waals surface area contributed by atoms with E-state index < -0.39 is 17.5 Å². The Labute approximate surface area is 196 Å². The third-order valence-electron chi connectivity index (χ3n) is 5.00. The second-order valence-corrected chi connectivity index (χ2v) is 7.40. The predicted octanol–water partition coefficient (Wildman–Crippen LogP) is 7.01. The van der Waals surface area contributed by atoms with Gasteiger partial charge in [0.2, 0.25) is 0 Å². The van der Waals surface area contributed by atoms with Crippen molar-refractivity contribution in [2.75, 3.05) is 6.61 Å². The minimum atomic E-state index is -0.900. The molecule has 4 heteroatoms. The molecule has 4 rings (SSSR count). The van der Waals surface area contributed by atoms with Crippen LogP contribution in [0.25, 0.3) is 10.8 Å². The molecule has 1 nitrogen and oxygen atoms in total. The molecule has 0 amide bonds. The highest BCUT2D eigenvalue weighted by molar-refractivity contribution is 5.84. The number of halogens is 3. The molecular formula is C30H19F3O. The second-order valence-electron chi connectivity index (χ2n) is 7.40. The lowest BCUT2D eigenvalue weighted by Crippen LogP contribution is -1.92. The summed E-state index contributed by atoms with van der Waals surface area (Å²) in [7, 11) is 0. The van der Waals surface area contributed by atoms with Gasteiger partial charge in [0.15, 0.2) is 11.6 Å². The van der Waals surface area contributed by atoms with Crippen molar-refractivity contribution < 1.29 is 17.9 Å². The predicted molar refractivity (Wildman–Crippen MR) is 129 cm³/mol. The van der Waals surface area contributed by atoms with Crippen LogP contribution in [0.2, 0.25) is 0 Å². The van der Waals surface area contributed by atoms with Crippen LogP contribution in [0.5, 0.6) is 5.75 Å². The van der Waals surface area contributed by atoms with Crippen LogP contribution >= 0.6 is 0 Å². The first-order chi connectivity index (χ1) is 16.5. The molecule has 0 saturated carbocycles. The maximum absolute atomic E-state index is 14.5. The summed E-state index contributed by atoms with van der Waals surface area (Å²) in [6, 6.07) is 19.2. The molecule has 166 valence electrons. The molecule has 0 aromatic heterocycles. The molecule has 0 aliphatic rings. The number of hydrogen-bond acceptors (Lipinski definition) is 1. The second kappa shape index (κ2) is 10.5. The van der Waals surface area contributed by atoms with Gasteiger partial charge in [0.05, 0.1) is 5.56 Å². The van der Waals surface area contributed by atoms with E-state index in [4.69, 9.17) is 4.74 Å². The van der Waals surface area contributed by atoms with Gasteiger partial charge in [0.25, 0.3) is 0 Å². The zero-order valence-electron chi connectivity index (χ0n) is 18.3. The van der Waals surface area contributed by atoms with Crippen molar-refractivity contribution in [2.24, 2.45) is 0 Å². The summed E-state index contributed by atoms with van der Waals surface area (Å²) >= 11 is 0. The van der Waals surface area contributed by atoms with Gasteiger partial charge in [-0.3, -0.25) is 0 Å². The number of rotatable bonds is 3. The topological polar surface area (TPSA) is 9.23 Å². The Hall–Kier alpha value is -4.41. The van der Waals surface area contributed by atoms with Gasteiger partial charge in [-0.15, -0.1) is 0 Å². The monoisotopic (exact) mass is 452 g/mol. The van der Waals surface area contributed by atoms with Gasteiger partial charge in [0.1, 0.15) is 18.2 Å². The van der Waals surface area contributed by atoms with Crippen LogP contribution in [0.1, 0.15) is 29.2 Å². The van der Waals surface area contributed by atoms with Crippen molar-refractivity contribution in [3.63, 3.8) is 0 Å². The third-order valence-corrected chi connectivity index (χ3v) is 5.00. The lowest BCUT2D eigenvalue weighted by atomic mass is 10.1. The summed E-state index contributed by atoms with van der Waals surface area (Å²) < 4.78 is 47.3. The van der Waals surface area contributed by atoms with E-state index in [0.29, 0.717) is 23.1 Å². The number of allylic oxidation sites excluding steroid dienone is 1. The Kier molecular flexibility index (Phi) is 7.01. The Bertz CT molecular complexity index is 1490. The highest BCUT2D eigenvalue weighted by Crippen LogP contribution is 2.21. The average molecular weight is 452 g/mol. The lowest BCUT2D eigenvalue weighted by molar-refractivity contribution is 0.362. The first-order valence-electron chi connectivity index (χ1n) is 10.6. The van der Waals surface area contributed by atoms with E-state index in [1.165, 1.54) is 18.2 Å². The van der Waals surface area contributed by atoms with Gasteiger partial charge in [-0.2, -0.15) is 0 Å². The Morgan fingerprint density at radius 2 is 1.38 bits per heavy atom. The first kappa shape index (κ1) is 22.8. The molecule has 0 radical (unpaired) electrons. The lowest BCUT2D eigenvalue weighted by Gasteiger charge is -2.02. The van der Waals surface area contributed by atoms with Crippen LogP contribution in [-0.4, -0.2) is 6.61 Å². The van der Waals surface area contributed by atoms with Gasteiger partial charge in [-0.1, -0.05) is 48.0 Å². The summed E-state index contributed by atoms with van der Waals surface area (Å²) in [5, 5.41) is 0.699. The number of hydrogen-bond donors (Lipinski definition) is 0. The molecule has 0 saturated heterocycles. The molecule has 0 unspecified atom stereocenters. The Morgan fingerprint density at radius 3 is 2.15 bits per heavy atom. The molecule has 0 aliphatic carbocycles. The van der Waals surface area contributed by atoms with E-state index in [9.17, 15) is 13.2 Å². The molecule has 0 bridgehead atoms. The first-order valence-corrected chi connectivity index (χ1v) is 10.6. The summed E-state index contributed by atoms with van der Waals surface area (Å²) in [6.07, 6.45) is 3.84. The van der Waals surface area contributed by atoms with Gasteiger partial charge in [-0.05, 0) is 73.0 Å². The summed E-state index contributed by atoms with van der Waals surface area (Å²) in [6.45, 7) is 2.44. The van der Waals surface area contributed by atoms with E-state index in [1.807, 2.05) is 43.3 Å². The van der Waals surface area contributed by atoms with Crippen molar-refractivity contribution >= 4 is 10.8 Å². The Morgan fingerprint density at radius 1 is 0.706 bits per heavy atom. The largest absolute Gasteiger partial charge is 0.490 e. The zero-order chi connectivity index (χ0) is 23.9. The molecule has 0 atom stereocenters. The molecule has 4 aromatic rings. The standard InChI is InChI=1S/C30H19F3O/c1-2-3-18-34-26-14-8-21(9-15-26)4-5-23-7-12-24(29(32)20-23)11-6-22-10-16-27-25(19-22)13-17-28(31)30(27)33/h2-3,7-10,12-17,19-20H,18H2,1H3/b3-2+. The highest BCUT2D eigenvalue weighted by atomic mass is 19.2. The molecule has 0 aliphatic heterocycles. The summed E-state index contributed by atoms with van der Waals surface area (Å²) in [5.74, 6) is 10.1. The third kappa shape index (κ3) is 5.49. The fourth-order valence-electron chi connectivity index (χ4n) is 3.20. The highest BCUT2D eigenvalue weighted by Gasteiger charge is 2.07. The molecular weight excluding hydrogens is 433 g/mol. The fourth-order valence-corrected chi connectivity index (χ4v) is 3.20. The van der Waals surface area contributed by atoms with Crippen LogP contribution in [0.3, 0.4) is 0 Å². The van der Waals surface area contributed by atoms with E-state index in [1.54, 1.807) is 24.3 Å². The van der Waals surface area contributed by atoms with E-state index in [0.717, 1.165) is 17.4 Å². The maximum Gasteiger partial charge on any atom is 0.166 e. The van der Waals surface area contributed by atoms with Crippen LogP contribution in [0.15, 0.2) is 84.9 Å². The molecule has 0 N–H and O–H groups in total. The van der Waals surface area contributed by atoms with Crippen molar-refractivity contribution in [1.82, 2.24) is 0 Å². The fraction of sp³-hybridized carbons (Fsp3) is 0.0667. The summed E-state index contributed by atoms with van der Waals surface area (Å²) in [4.78, 5) is 0. The Balaban J connectivity index is 1.48. The van der Waals surface area contributed by atoms with Gasteiger partial charge in [-0.25, -0.2) is 13.2 Å². The molecule has 0 heterocycles. The smallest absolute Gasteiger partial charge is 0.166 e. The minimum Gasteiger partial charge on any atom is -0.490 e. The molecule has 4 aromatic carbocycles. The molecule has 34 heavy (non-hydrogen) atoms. The average Bonchev–Trinajstić information content (AvgIpc) is 2.85. The van der Waals surface area contributed by atoms with E-state index in [2.05, 4.69) is 23.7 Å². The quantitative estimate of drug-likeness (QED) is 0.240. The van der Waals surface area contributed by atoms with Crippen LogP contribution in [0.4, 0.5) is 13.2 Å². The van der Waals surface area contributed by atoms with Crippen LogP contribution in [0, 0.1) is 41.1 Å². The zero-order valence-corrected chi connectivity index (χ0v) is 18.3.